The van der Waals surface area contributed by atoms with Crippen LogP contribution in [0.2, 0.25) is 0 Å². The van der Waals surface area contributed by atoms with Gasteiger partial charge in [0.25, 0.3) is 10.0 Å². The summed E-state index contributed by atoms with van der Waals surface area (Å²) >= 11 is 0. The SMILES string of the molecule is O=S(=O)(c1ccc(N2CC[C@H](O)C2)nc1)n1nccc1N1CCC[C@@H]1c1cc(F)cc(F)c1. The molecule has 0 radical (unpaired) electrons. The number of β-amino-alcohol motifs (C(OH)–C–C–N with tert-alkyl or cyclic N) is 1. The fourth-order valence-electron chi connectivity index (χ4n) is 4.59. The van der Waals surface area contributed by atoms with Gasteiger partial charge in [-0.15, -0.1) is 4.09 Å². The van der Waals surface area contributed by atoms with E-state index in [1.165, 1.54) is 30.6 Å². The molecule has 5 rings (SSSR count). The van der Waals surface area contributed by atoms with Crippen molar-refractivity contribution in [3.63, 3.8) is 0 Å². The van der Waals surface area contributed by atoms with E-state index in [0.717, 1.165) is 16.6 Å². The maximum atomic E-state index is 13.8. The van der Waals surface area contributed by atoms with Crippen molar-refractivity contribution >= 4 is 21.7 Å². The lowest BCUT2D eigenvalue weighted by Crippen LogP contribution is -2.28. The summed E-state index contributed by atoms with van der Waals surface area (Å²) in [5.41, 5.74) is 0.453. The summed E-state index contributed by atoms with van der Waals surface area (Å²) in [7, 11) is -4.05. The van der Waals surface area contributed by atoms with Crippen LogP contribution in [0.1, 0.15) is 30.9 Å². The van der Waals surface area contributed by atoms with Crippen LogP contribution in [0.15, 0.2) is 53.7 Å². The Hall–Kier alpha value is -3.05. The largest absolute Gasteiger partial charge is 0.391 e. The molecule has 2 fully saturated rings. The average Bonchev–Trinajstić information content (AvgIpc) is 3.53. The van der Waals surface area contributed by atoms with Gasteiger partial charge in [0.15, 0.2) is 0 Å². The first-order valence-electron chi connectivity index (χ1n) is 10.7. The Morgan fingerprint density at radius 1 is 1.03 bits per heavy atom. The second-order valence-corrected chi connectivity index (χ2v) is 10.1. The first-order valence-corrected chi connectivity index (χ1v) is 12.2. The summed E-state index contributed by atoms with van der Waals surface area (Å²) in [6.07, 6.45) is 4.27. The topological polar surface area (TPSA) is 91.6 Å². The Labute approximate surface area is 190 Å². The van der Waals surface area contributed by atoms with Gasteiger partial charge in [0.05, 0.1) is 18.3 Å². The van der Waals surface area contributed by atoms with E-state index in [1.54, 1.807) is 12.1 Å². The van der Waals surface area contributed by atoms with E-state index >= 15 is 0 Å². The lowest BCUT2D eigenvalue weighted by Gasteiger charge is -2.27. The smallest absolute Gasteiger partial charge is 0.286 e. The third-order valence-electron chi connectivity index (χ3n) is 6.14. The third kappa shape index (κ3) is 4.06. The molecular formula is C22H23F2N5O3S. The number of aliphatic hydroxyl groups excluding tert-OH is 1. The molecule has 2 aliphatic rings. The summed E-state index contributed by atoms with van der Waals surface area (Å²) < 4.78 is 55.3. The monoisotopic (exact) mass is 475 g/mol. The van der Waals surface area contributed by atoms with Gasteiger partial charge in [-0.3, -0.25) is 0 Å². The quantitative estimate of drug-likeness (QED) is 0.607. The highest BCUT2D eigenvalue weighted by molar-refractivity contribution is 7.90. The van der Waals surface area contributed by atoms with Gasteiger partial charge in [-0.1, -0.05) is 0 Å². The second-order valence-electron chi connectivity index (χ2n) is 8.33. The average molecular weight is 476 g/mol. The van der Waals surface area contributed by atoms with Crippen LogP contribution < -0.4 is 9.80 Å². The number of hydrogen-bond acceptors (Lipinski definition) is 7. The summed E-state index contributed by atoms with van der Waals surface area (Å²) in [5, 5.41) is 13.8. The maximum Gasteiger partial charge on any atom is 0.286 e. The van der Waals surface area contributed by atoms with Crippen molar-refractivity contribution in [3.8, 4) is 0 Å². The van der Waals surface area contributed by atoms with Gasteiger partial charge in [-0.05, 0) is 49.1 Å². The number of hydrogen-bond donors (Lipinski definition) is 1. The van der Waals surface area contributed by atoms with Crippen LogP contribution in [0, 0.1) is 11.6 Å². The van der Waals surface area contributed by atoms with Crippen molar-refractivity contribution < 1.29 is 22.3 Å². The fraction of sp³-hybridized carbons (Fsp3) is 0.364. The molecule has 2 saturated heterocycles. The van der Waals surface area contributed by atoms with E-state index in [-0.39, 0.29) is 10.9 Å². The first kappa shape index (κ1) is 21.8. The molecule has 1 aromatic carbocycles. The van der Waals surface area contributed by atoms with Crippen LogP contribution in [-0.4, -0.2) is 53.4 Å². The Morgan fingerprint density at radius 2 is 1.82 bits per heavy atom. The van der Waals surface area contributed by atoms with Gasteiger partial charge in [0, 0.05) is 38.0 Å². The van der Waals surface area contributed by atoms with Crippen molar-refractivity contribution in [2.45, 2.75) is 36.3 Å². The molecule has 0 bridgehead atoms. The maximum absolute atomic E-state index is 13.8. The van der Waals surface area contributed by atoms with Crippen LogP contribution in [0.5, 0.6) is 0 Å². The van der Waals surface area contributed by atoms with E-state index in [0.29, 0.717) is 49.7 Å². The Kier molecular flexibility index (Phi) is 5.53. The lowest BCUT2D eigenvalue weighted by atomic mass is 10.0. The van der Waals surface area contributed by atoms with Crippen molar-refractivity contribution in [2.24, 2.45) is 0 Å². The number of nitrogens with zero attached hydrogens (tertiary/aromatic N) is 5. The lowest BCUT2D eigenvalue weighted by molar-refractivity contribution is 0.198. The zero-order valence-corrected chi connectivity index (χ0v) is 18.5. The van der Waals surface area contributed by atoms with Crippen LogP contribution in [-0.2, 0) is 10.0 Å². The molecule has 0 unspecified atom stereocenters. The standard InChI is InChI=1S/C22H23F2N5O3S/c23-16-10-15(11-17(24)12-16)20-2-1-8-28(20)22-5-7-26-29(22)33(31,32)19-3-4-21(25-13-19)27-9-6-18(30)14-27/h3-5,7,10-13,18,20,30H,1-2,6,8-9,14H2/t18-,20+/m0/s1. The molecule has 3 aromatic rings. The highest BCUT2D eigenvalue weighted by Crippen LogP contribution is 2.37. The summed E-state index contributed by atoms with van der Waals surface area (Å²) in [4.78, 5) is 7.96. The van der Waals surface area contributed by atoms with Gasteiger partial charge in [-0.25, -0.2) is 13.8 Å². The predicted octanol–water partition coefficient (Wildman–Crippen LogP) is 2.71. The molecule has 174 valence electrons. The summed E-state index contributed by atoms with van der Waals surface area (Å²) in [6.45, 7) is 1.64. The Morgan fingerprint density at radius 3 is 2.48 bits per heavy atom. The number of rotatable bonds is 5. The molecule has 4 heterocycles. The minimum absolute atomic E-state index is 0.0245. The number of benzene rings is 1. The van der Waals surface area contributed by atoms with Gasteiger partial charge < -0.3 is 14.9 Å². The fourth-order valence-corrected chi connectivity index (χ4v) is 5.81. The number of anilines is 2. The molecule has 0 spiro atoms. The predicted molar refractivity (Wildman–Crippen MR) is 118 cm³/mol. The zero-order valence-electron chi connectivity index (χ0n) is 17.7. The zero-order chi connectivity index (χ0) is 23.2. The van der Waals surface area contributed by atoms with Gasteiger partial charge in [-0.2, -0.15) is 13.5 Å². The molecule has 0 aliphatic carbocycles. The van der Waals surface area contributed by atoms with Crippen molar-refractivity contribution in [1.29, 1.82) is 0 Å². The second kappa shape index (κ2) is 8.38. The molecule has 8 nitrogen and oxygen atoms in total. The molecule has 0 amide bonds. The van der Waals surface area contributed by atoms with E-state index in [2.05, 4.69) is 10.1 Å². The molecule has 1 N–H and O–H groups in total. The van der Waals surface area contributed by atoms with Crippen molar-refractivity contribution in [3.05, 3.63) is 66.0 Å². The number of halogens is 2. The first-order chi connectivity index (χ1) is 15.8. The van der Waals surface area contributed by atoms with Gasteiger partial charge in [0.1, 0.15) is 28.2 Å². The minimum Gasteiger partial charge on any atom is -0.391 e. The van der Waals surface area contributed by atoms with Gasteiger partial charge >= 0.3 is 0 Å². The molecule has 2 aliphatic heterocycles. The molecule has 11 heteroatoms. The molecule has 33 heavy (non-hydrogen) atoms. The van der Waals surface area contributed by atoms with E-state index in [4.69, 9.17) is 0 Å². The number of aliphatic hydroxyl groups is 1. The summed E-state index contributed by atoms with van der Waals surface area (Å²) in [5.74, 6) is -0.419. The Bertz CT molecular complexity index is 1250. The molecular weight excluding hydrogens is 452 g/mol. The third-order valence-corrected chi connectivity index (χ3v) is 7.72. The van der Waals surface area contributed by atoms with Crippen molar-refractivity contribution in [2.75, 3.05) is 29.4 Å². The van der Waals surface area contributed by atoms with E-state index in [9.17, 15) is 22.3 Å². The van der Waals surface area contributed by atoms with Crippen LogP contribution in [0.25, 0.3) is 0 Å². The number of aromatic nitrogens is 3. The molecule has 0 saturated carbocycles. The van der Waals surface area contributed by atoms with Crippen molar-refractivity contribution in [1.82, 2.24) is 14.2 Å². The van der Waals surface area contributed by atoms with Crippen LogP contribution in [0.3, 0.4) is 0 Å². The Balaban J connectivity index is 1.45. The van der Waals surface area contributed by atoms with Crippen LogP contribution in [0.4, 0.5) is 20.4 Å². The highest BCUT2D eigenvalue weighted by atomic mass is 32.2. The van der Waals surface area contributed by atoms with Gasteiger partial charge in [0.2, 0.25) is 0 Å². The van der Waals surface area contributed by atoms with E-state index < -0.39 is 27.8 Å². The number of pyridine rings is 1. The minimum atomic E-state index is -4.05. The molecule has 2 atom stereocenters. The van der Waals surface area contributed by atoms with Crippen LogP contribution >= 0.6 is 0 Å². The summed E-state index contributed by atoms with van der Waals surface area (Å²) in [6, 6.07) is 7.66. The normalized spacial score (nSPS) is 21.2. The highest BCUT2D eigenvalue weighted by Gasteiger charge is 2.32. The molecule has 2 aromatic heterocycles. The van der Waals surface area contributed by atoms with E-state index in [1.807, 2.05) is 9.80 Å².